The molecule has 0 radical (unpaired) electrons. The van der Waals surface area contributed by atoms with Crippen LogP contribution in [0.5, 0.6) is 0 Å². The quantitative estimate of drug-likeness (QED) is 0.160. The van der Waals surface area contributed by atoms with E-state index in [9.17, 15) is 0 Å². The maximum absolute atomic E-state index is 4.83. The monoisotopic (exact) mass is 1330 g/mol. The number of rotatable bonds is 1. The van der Waals surface area contributed by atoms with Crippen molar-refractivity contribution in [2.75, 3.05) is 0 Å². The third kappa shape index (κ3) is 22.1. The van der Waals surface area contributed by atoms with Gasteiger partial charge >= 0.3 is 0 Å². The Labute approximate surface area is 609 Å². The fraction of sp³-hybridized carbons (Fsp3) is 0.520. The van der Waals surface area contributed by atoms with Crippen LogP contribution in [0.3, 0.4) is 0 Å². The lowest BCUT2D eigenvalue weighted by molar-refractivity contribution is 0.0973. The Morgan fingerprint density at radius 1 is 0.283 bits per heavy atom. The predicted octanol–water partition coefficient (Wildman–Crippen LogP) is 29.4. The molecular formula is C98H141N. The Morgan fingerprint density at radius 2 is 0.606 bits per heavy atom. The van der Waals surface area contributed by atoms with E-state index in [4.69, 9.17) is 4.98 Å². The van der Waals surface area contributed by atoms with Crippen LogP contribution in [0.15, 0.2) is 140 Å². The summed E-state index contributed by atoms with van der Waals surface area (Å²) in [6.45, 7) is 84.4. The van der Waals surface area contributed by atoms with E-state index in [0.29, 0.717) is 16.7 Å². The molecule has 0 unspecified atom stereocenters. The van der Waals surface area contributed by atoms with E-state index in [2.05, 4.69) is 396 Å². The van der Waals surface area contributed by atoms with Crippen molar-refractivity contribution in [3.8, 4) is 0 Å². The van der Waals surface area contributed by atoms with E-state index < -0.39 is 0 Å². The zero-order valence-electron chi connectivity index (χ0n) is 70.4. The second kappa shape index (κ2) is 31.1. The average molecular weight is 1330 g/mol. The summed E-state index contributed by atoms with van der Waals surface area (Å²) < 4.78 is 0. The van der Waals surface area contributed by atoms with Gasteiger partial charge in [0.1, 0.15) is 0 Å². The molecule has 10 rings (SSSR count). The number of hydrogen-bond acceptors (Lipinski definition) is 1. The highest BCUT2D eigenvalue weighted by Gasteiger charge is 2.40. The topological polar surface area (TPSA) is 12.9 Å². The van der Waals surface area contributed by atoms with Crippen LogP contribution in [0.1, 0.15) is 319 Å². The molecule has 1 heterocycles. The summed E-state index contributed by atoms with van der Waals surface area (Å²) in [5.41, 5.74) is 29.2. The van der Waals surface area contributed by atoms with Gasteiger partial charge in [-0.2, -0.15) is 0 Å². The van der Waals surface area contributed by atoms with Crippen LogP contribution in [0.2, 0.25) is 0 Å². The number of aromatic nitrogens is 1. The van der Waals surface area contributed by atoms with Gasteiger partial charge in [0.2, 0.25) is 0 Å². The van der Waals surface area contributed by atoms with Gasteiger partial charge in [-0.15, -0.1) is 0 Å². The summed E-state index contributed by atoms with van der Waals surface area (Å²) in [4.78, 5) is 4.83. The van der Waals surface area contributed by atoms with E-state index in [-0.39, 0.29) is 43.3 Å². The Bertz CT molecular complexity index is 4130. The highest BCUT2D eigenvalue weighted by atomic mass is 14.7. The molecule has 0 spiro atoms. The maximum Gasteiger partial charge on any atom is 0.0745 e. The molecule has 8 aromatic carbocycles. The molecular weight excluding hydrogens is 1190 g/mol. The standard InChI is InChI=1S/C25H36.C19H27N.C19H26.C13H20.2C11H16/c1-17-19-11-9-10-12-20(19)21(13-22(17)23(2,3)4)18-14-24(5,6)16-25(7,8)15-18;1-12-9-10-14-13(2)15(18(3,4)5)11-16(17(14)20-12)19(6,7)8;1-13-14-10-8-9-11-15(14)17(19(5,6)7)12-16(13)18(2,3)4;1-9-7-10(2)11(3)12(8-9)13(4,5)6;2*1-9-7-5-6-8-10(9)11(2,3)4/h9-13,18H,14-16H2,1-8H3;9-11H,1-8H3;8-12H,1-7H3;7-8H,1-6H3;2*5-8H,1-4H3. The lowest BCUT2D eigenvalue weighted by Gasteiger charge is -2.45. The van der Waals surface area contributed by atoms with Crippen LogP contribution >= 0.6 is 0 Å². The van der Waals surface area contributed by atoms with E-state index >= 15 is 0 Å². The van der Waals surface area contributed by atoms with Crippen molar-refractivity contribution in [1.29, 1.82) is 0 Å². The molecule has 0 bridgehead atoms. The first kappa shape index (κ1) is 83.4. The molecule has 1 aliphatic rings. The number of benzene rings is 8. The van der Waals surface area contributed by atoms with Gasteiger partial charge in [-0.1, -0.05) is 333 Å². The van der Waals surface area contributed by atoms with Crippen LogP contribution in [-0.2, 0) is 43.3 Å². The minimum Gasteiger partial charge on any atom is -0.253 e. The zero-order chi connectivity index (χ0) is 75.5. The molecule has 1 heteroatoms. The number of aryl methyl sites for hydroxylation is 8. The summed E-state index contributed by atoms with van der Waals surface area (Å²) in [7, 11) is 0. The summed E-state index contributed by atoms with van der Waals surface area (Å²) in [5.74, 6) is 0.658. The Hall–Kier alpha value is -6.31. The summed E-state index contributed by atoms with van der Waals surface area (Å²) in [5, 5.41) is 7.03. The first-order valence-electron chi connectivity index (χ1n) is 37.6. The third-order valence-corrected chi connectivity index (χ3v) is 20.6. The molecule has 0 saturated heterocycles. The molecule has 1 saturated carbocycles. The number of hydrogen-bond donors (Lipinski definition) is 0. The normalized spacial score (nSPS) is 14.5. The zero-order valence-corrected chi connectivity index (χ0v) is 70.4. The van der Waals surface area contributed by atoms with Gasteiger partial charge in [0.15, 0.2) is 0 Å². The molecule has 1 aromatic heterocycles. The molecule has 99 heavy (non-hydrogen) atoms. The minimum absolute atomic E-state index is 0.104. The molecule has 1 nitrogen and oxygen atoms in total. The minimum atomic E-state index is 0.104. The van der Waals surface area contributed by atoms with Gasteiger partial charge in [-0.25, -0.2) is 0 Å². The maximum atomic E-state index is 4.83. The van der Waals surface area contributed by atoms with Crippen LogP contribution in [0.25, 0.3) is 32.4 Å². The molecule has 0 aliphatic heterocycles. The predicted molar refractivity (Wildman–Crippen MR) is 445 cm³/mol. The smallest absolute Gasteiger partial charge is 0.0745 e. The van der Waals surface area contributed by atoms with Crippen LogP contribution in [0.4, 0.5) is 0 Å². The lowest BCUT2D eigenvalue weighted by atomic mass is 9.59. The number of nitrogens with zero attached hydrogens (tertiary/aromatic N) is 1. The van der Waals surface area contributed by atoms with Crippen molar-refractivity contribution in [3.63, 3.8) is 0 Å². The van der Waals surface area contributed by atoms with Crippen molar-refractivity contribution in [3.05, 3.63) is 240 Å². The Balaban J connectivity index is 0.000000220. The second-order valence-electron chi connectivity index (χ2n) is 39.8. The van der Waals surface area contributed by atoms with Crippen molar-refractivity contribution < 1.29 is 0 Å². The highest BCUT2D eigenvalue weighted by Crippen LogP contribution is 2.53. The van der Waals surface area contributed by atoms with E-state index in [1.807, 2.05) is 0 Å². The average Bonchev–Trinajstić information content (AvgIpc) is 0.766. The first-order valence-corrected chi connectivity index (χ1v) is 37.6. The third-order valence-electron chi connectivity index (χ3n) is 20.6. The van der Waals surface area contributed by atoms with Crippen molar-refractivity contribution >= 4 is 32.4 Å². The second-order valence-corrected chi connectivity index (χ2v) is 39.8. The number of fused-ring (bicyclic) bond motifs is 3. The van der Waals surface area contributed by atoms with Gasteiger partial charge in [0, 0.05) is 11.1 Å². The van der Waals surface area contributed by atoms with Gasteiger partial charge < -0.3 is 0 Å². The van der Waals surface area contributed by atoms with Gasteiger partial charge in [-0.3, -0.25) is 4.98 Å². The number of pyridine rings is 1. The largest absolute Gasteiger partial charge is 0.253 e. The molecule has 1 aliphatic carbocycles. The molecule has 0 atom stereocenters. The van der Waals surface area contributed by atoms with E-state index in [1.165, 1.54) is 141 Å². The molecule has 9 aromatic rings. The summed E-state index contributed by atoms with van der Waals surface area (Å²) >= 11 is 0. The molecule has 0 amide bonds. The highest BCUT2D eigenvalue weighted by molar-refractivity contribution is 5.92. The van der Waals surface area contributed by atoms with E-state index in [0.717, 1.165) is 5.69 Å². The summed E-state index contributed by atoms with van der Waals surface area (Å²) in [6, 6.07) is 51.3. The SMILES string of the molecule is Cc1c(C(C)(C)C)cc(C(C)(C)C)c2ccccc12.Cc1c(C(C)(C)C)cc(C2CC(C)(C)CC(C)(C)C2)c2ccccc12.Cc1cc(C)c(C)c(C(C)(C)C)c1.Cc1ccc2c(C)c(C(C)(C)C)cc(C(C)(C)C)c2n1.Cc1ccccc1C(C)(C)C.Cc1ccccc1C(C)(C)C. The van der Waals surface area contributed by atoms with Gasteiger partial charge in [-0.05, 0) is 258 Å². The molecule has 1 fully saturated rings. The lowest BCUT2D eigenvalue weighted by Crippen LogP contribution is -2.33. The Morgan fingerprint density at radius 3 is 0.990 bits per heavy atom. The fourth-order valence-electron chi connectivity index (χ4n) is 16.2. The summed E-state index contributed by atoms with van der Waals surface area (Å²) in [6.07, 6.45) is 3.92. The van der Waals surface area contributed by atoms with Crippen LogP contribution < -0.4 is 0 Å². The molecule has 0 N–H and O–H groups in total. The van der Waals surface area contributed by atoms with Gasteiger partial charge in [0.25, 0.3) is 0 Å². The van der Waals surface area contributed by atoms with E-state index in [1.54, 1.807) is 5.56 Å². The van der Waals surface area contributed by atoms with Crippen LogP contribution in [-0.4, -0.2) is 4.98 Å². The van der Waals surface area contributed by atoms with Crippen molar-refractivity contribution in [2.45, 2.75) is 325 Å². The van der Waals surface area contributed by atoms with Crippen molar-refractivity contribution in [2.24, 2.45) is 10.8 Å². The molecule has 538 valence electrons. The van der Waals surface area contributed by atoms with Crippen LogP contribution in [0, 0.1) is 73.1 Å². The van der Waals surface area contributed by atoms with Crippen molar-refractivity contribution in [1.82, 2.24) is 4.98 Å². The first-order chi connectivity index (χ1) is 44.9. The van der Waals surface area contributed by atoms with Gasteiger partial charge in [0.05, 0.1) is 5.52 Å². The fourth-order valence-corrected chi connectivity index (χ4v) is 16.2. The Kier molecular flexibility index (Phi) is 26.2.